The van der Waals surface area contributed by atoms with Gasteiger partial charge in [0.15, 0.2) is 0 Å². The van der Waals surface area contributed by atoms with E-state index in [-0.39, 0.29) is 5.54 Å². The van der Waals surface area contributed by atoms with Gasteiger partial charge < -0.3 is 0 Å². The van der Waals surface area contributed by atoms with E-state index in [4.69, 9.17) is 0 Å². The topological polar surface area (TPSA) is 35.8 Å². The van der Waals surface area contributed by atoms with Gasteiger partial charge in [0.2, 0.25) is 0 Å². The number of benzene rings is 1. The molecule has 0 spiro atoms. The van der Waals surface area contributed by atoms with E-state index in [1.165, 1.54) is 23.3 Å². The van der Waals surface area contributed by atoms with Crippen LogP contribution in [-0.2, 0) is 5.75 Å². The molecule has 1 N–H and O–H groups in total. The number of rotatable bonds is 10. The Bertz CT molecular complexity index is 453. The van der Waals surface area contributed by atoms with Gasteiger partial charge in [0.05, 0.1) is 6.07 Å². The predicted molar refractivity (Wildman–Crippen MR) is 93.5 cm³/mol. The lowest BCUT2D eigenvalue weighted by Gasteiger charge is -2.22. The lowest BCUT2D eigenvalue weighted by Crippen LogP contribution is -2.41. The van der Waals surface area contributed by atoms with Gasteiger partial charge in [-0.3, -0.25) is 5.32 Å². The molecular weight excluding hydrogens is 276 g/mol. The van der Waals surface area contributed by atoms with Gasteiger partial charge in [-0.15, -0.1) is 0 Å². The van der Waals surface area contributed by atoms with Crippen LogP contribution in [0.25, 0.3) is 0 Å². The Labute approximate surface area is 134 Å². The van der Waals surface area contributed by atoms with Crippen LogP contribution in [0, 0.1) is 18.3 Å². The molecule has 0 aliphatic rings. The summed E-state index contributed by atoms with van der Waals surface area (Å²) in [6, 6.07) is 11.1. The van der Waals surface area contributed by atoms with E-state index in [1.54, 1.807) is 0 Å². The monoisotopic (exact) mass is 304 g/mol. The van der Waals surface area contributed by atoms with Gasteiger partial charge in [-0.2, -0.15) is 17.0 Å². The molecule has 3 heteroatoms. The molecule has 0 heterocycles. The first-order valence-electron chi connectivity index (χ1n) is 7.89. The normalized spacial score (nSPS) is 13.6. The van der Waals surface area contributed by atoms with Gasteiger partial charge in [-0.05, 0) is 57.4 Å². The molecule has 0 aromatic heterocycles. The SMILES string of the molecule is CCCNC(C)(C#N)CCCCSCc1cccc(C)c1. The third-order valence-electron chi connectivity index (χ3n) is 3.58. The Balaban J connectivity index is 2.15. The molecule has 1 aromatic carbocycles. The summed E-state index contributed by atoms with van der Waals surface area (Å²) in [5, 5.41) is 12.6. The number of nitrogens with one attached hydrogen (secondary N) is 1. The molecule has 0 saturated heterocycles. The van der Waals surface area contributed by atoms with Gasteiger partial charge in [0.25, 0.3) is 0 Å². The number of nitriles is 1. The highest BCUT2D eigenvalue weighted by molar-refractivity contribution is 7.98. The lowest BCUT2D eigenvalue weighted by atomic mass is 9.96. The summed E-state index contributed by atoms with van der Waals surface area (Å²) >= 11 is 1.99. The van der Waals surface area contributed by atoms with Crippen LogP contribution in [0.2, 0.25) is 0 Å². The maximum absolute atomic E-state index is 9.27. The number of hydrogen-bond donors (Lipinski definition) is 1. The highest BCUT2D eigenvalue weighted by Gasteiger charge is 2.21. The minimum atomic E-state index is -0.350. The number of nitrogens with zero attached hydrogens (tertiary/aromatic N) is 1. The Hall–Kier alpha value is -0.980. The molecule has 1 aromatic rings. The lowest BCUT2D eigenvalue weighted by molar-refractivity contribution is 0.406. The highest BCUT2D eigenvalue weighted by atomic mass is 32.2. The Kier molecular flexibility index (Phi) is 8.49. The van der Waals surface area contributed by atoms with E-state index < -0.39 is 0 Å². The molecule has 0 fully saturated rings. The summed E-state index contributed by atoms with van der Waals surface area (Å²) in [4.78, 5) is 0. The molecule has 1 unspecified atom stereocenters. The first-order chi connectivity index (χ1) is 10.1. The summed E-state index contributed by atoms with van der Waals surface area (Å²) in [7, 11) is 0. The summed E-state index contributed by atoms with van der Waals surface area (Å²) in [6.45, 7) is 7.21. The maximum Gasteiger partial charge on any atom is 0.103 e. The van der Waals surface area contributed by atoms with Crippen molar-refractivity contribution >= 4 is 11.8 Å². The first kappa shape index (κ1) is 18.1. The van der Waals surface area contributed by atoms with E-state index >= 15 is 0 Å². The Morgan fingerprint density at radius 1 is 1.33 bits per heavy atom. The van der Waals surface area contributed by atoms with Gasteiger partial charge in [-0.25, -0.2) is 0 Å². The zero-order valence-electron chi connectivity index (χ0n) is 13.6. The van der Waals surface area contributed by atoms with Crippen molar-refractivity contribution in [2.75, 3.05) is 12.3 Å². The largest absolute Gasteiger partial charge is 0.300 e. The smallest absolute Gasteiger partial charge is 0.103 e. The van der Waals surface area contributed by atoms with Crippen molar-refractivity contribution in [1.29, 1.82) is 5.26 Å². The number of unbranched alkanes of at least 4 members (excludes halogenated alkanes) is 1. The minimum Gasteiger partial charge on any atom is -0.300 e. The number of aryl methyl sites for hydroxylation is 1. The molecule has 0 aliphatic heterocycles. The van der Waals surface area contributed by atoms with Crippen molar-refractivity contribution < 1.29 is 0 Å². The second-order valence-corrected chi connectivity index (χ2v) is 6.97. The first-order valence-corrected chi connectivity index (χ1v) is 9.04. The zero-order valence-corrected chi connectivity index (χ0v) is 14.4. The van der Waals surface area contributed by atoms with Crippen LogP contribution in [0.15, 0.2) is 24.3 Å². The average molecular weight is 305 g/mol. The number of thioether (sulfide) groups is 1. The second-order valence-electron chi connectivity index (χ2n) is 5.87. The van der Waals surface area contributed by atoms with Gasteiger partial charge in [0.1, 0.15) is 5.54 Å². The van der Waals surface area contributed by atoms with E-state index in [0.29, 0.717) is 0 Å². The van der Waals surface area contributed by atoms with Crippen LogP contribution in [0.4, 0.5) is 0 Å². The van der Waals surface area contributed by atoms with Crippen molar-refractivity contribution in [2.45, 2.75) is 57.7 Å². The molecule has 116 valence electrons. The fourth-order valence-corrected chi connectivity index (χ4v) is 3.23. The molecule has 0 aliphatic carbocycles. The molecule has 0 saturated carbocycles. The standard InChI is InChI=1S/C18H28N2S/c1-4-11-20-18(3,15-19)10-5-6-12-21-14-17-9-7-8-16(2)13-17/h7-9,13,20H,4-6,10-12,14H2,1-3H3. The van der Waals surface area contributed by atoms with Crippen molar-refractivity contribution in [3.8, 4) is 6.07 Å². The second kappa shape index (κ2) is 9.87. The van der Waals surface area contributed by atoms with Gasteiger partial charge >= 0.3 is 0 Å². The van der Waals surface area contributed by atoms with Crippen LogP contribution in [0.3, 0.4) is 0 Å². The van der Waals surface area contributed by atoms with E-state index in [2.05, 4.69) is 49.5 Å². The van der Waals surface area contributed by atoms with Gasteiger partial charge in [0, 0.05) is 5.75 Å². The molecule has 0 radical (unpaired) electrons. The molecular formula is C18H28N2S. The van der Waals surface area contributed by atoms with Crippen LogP contribution in [0.1, 0.15) is 50.7 Å². The van der Waals surface area contributed by atoms with Crippen molar-refractivity contribution in [3.05, 3.63) is 35.4 Å². The molecule has 2 nitrogen and oxygen atoms in total. The minimum absolute atomic E-state index is 0.350. The number of hydrogen-bond acceptors (Lipinski definition) is 3. The molecule has 21 heavy (non-hydrogen) atoms. The van der Waals surface area contributed by atoms with Gasteiger partial charge in [-0.1, -0.05) is 36.8 Å². The quantitative estimate of drug-likeness (QED) is 0.637. The van der Waals surface area contributed by atoms with E-state index in [1.807, 2.05) is 18.7 Å². The molecule has 1 atom stereocenters. The summed E-state index contributed by atoms with van der Waals surface area (Å²) in [5.41, 5.74) is 2.39. The Morgan fingerprint density at radius 3 is 2.81 bits per heavy atom. The van der Waals surface area contributed by atoms with Crippen LogP contribution < -0.4 is 5.32 Å². The third kappa shape index (κ3) is 7.55. The van der Waals surface area contributed by atoms with E-state index in [0.717, 1.165) is 31.6 Å². The third-order valence-corrected chi connectivity index (χ3v) is 4.69. The molecule has 1 rings (SSSR count). The van der Waals surface area contributed by atoms with Crippen molar-refractivity contribution in [3.63, 3.8) is 0 Å². The van der Waals surface area contributed by atoms with E-state index in [9.17, 15) is 5.26 Å². The molecule has 0 bridgehead atoms. The maximum atomic E-state index is 9.27. The summed E-state index contributed by atoms with van der Waals surface area (Å²) in [6.07, 6.45) is 4.31. The summed E-state index contributed by atoms with van der Waals surface area (Å²) < 4.78 is 0. The van der Waals surface area contributed by atoms with Crippen molar-refractivity contribution in [1.82, 2.24) is 5.32 Å². The van der Waals surface area contributed by atoms with Crippen LogP contribution >= 0.6 is 11.8 Å². The molecule has 0 amide bonds. The highest BCUT2D eigenvalue weighted by Crippen LogP contribution is 2.18. The fraction of sp³-hybridized carbons (Fsp3) is 0.611. The summed E-state index contributed by atoms with van der Waals surface area (Å²) in [5.74, 6) is 2.26. The van der Waals surface area contributed by atoms with Crippen molar-refractivity contribution in [2.24, 2.45) is 0 Å². The van der Waals surface area contributed by atoms with Crippen LogP contribution in [-0.4, -0.2) is 17.8 Å². The predicted octanol–water partition coefficient (Wildman–Crippen LogP) is 4.68. The fourth-order valence-electron chi connectivity index (χ4n) is 2.26. The van der Waals surface area contributed by atoms with Crippen LogP contribution in [0.5, 0.6) is 0 Å². The zero-order chi connectivity index (χ0) is 15.6. The Morgan fingerprint density at radius 2 is 2.14 bits per heavy atom. The average Bonchev–Trinajstić information content (AvgIpc) is 2.49.